The molecule has 3 aliphatic rings. The third-order valence-electron chi connectivity index (χ3n) is 6.81. The molecule has 4 N–H and O–H groups in total. The molecule has 0 radical (unpaired) electrons. The van der Waals surface area contributed by atoms with Gasteiger partial charge in [0.2, 0.25) is 0 Å². The van der Waals surface area contributed by atoms with E-state index >= 15 is 8.78 Å². The van der Waals surface area contributed by atoms with Crippen LogP contribution >= 0.6 is 11.3 Å². The molecular formula is C23H19F3N6OS. The highest BCUT2D eigenvalue weighted by Gasteiger charge is 2.41. The van der Waals surface area contributed by atoms with Crippen molar-refractivity contribution in [3.8, 4) is 17.2 Å². The van der Waals surface area contributed by atoms with Crippen molar-refractivity contribution in [1.29, 1.82) is 5.26 Å². The maximum absolute atomic E-state index is 15.8. The molecule has 0 spiro atoms. The molecule has 1 fully saturated rings. The number of nitrogens with zero attached hydrogens (tertiary/aromatic N) is 3. The van der Waals surface area contributed by atoms with Gasteiger partial charge in [-0.3, -0.25) is 4.79 Å². The minimum absolute atomic E-state index is 0.0193. The summed E-state index contributed by atoms with van der Waals surface area (Å²) in [5, 5.41) is 14.7. The summed E-state index contributed by atoms with van der Waals surface area (Å²) in [6.07, 6.45) is -1.19. The van der Waals surface area contributed by atoms with Crippen molar-refractivity contribution in [3.05, 3.63) is 46.5 Å². The van der Waals surface area contributed by atoms with Crippen LogP contribution < -0.4 is 21.5 Å². The summed E-state index contributed by atoms with van der Waals surface area (Å²) >= 11 is 0.888. The molecule has 1 aromatic heterocycles. The van der Waals surface area contributed by atoms with Crippen LogP contribution in [0.1, 0.15) is 34.2 Å². The first-order chi connectivity index (χ1) is 16.4. The highest BCUT2D eigenvalue weighted by atomic mass is 32.1. The van der Waals surface area contributed by atoms with Crippen LogP contribution in [-0.4, -0.2) is 43.0 Å². The Kier molecular flexibility index (Phi) is 4.74. The number of nitriles is 1. The third kappa shape index (κ3) is 2.86. The van der Waals surface area contributed by atoms with E-state index in [1.807, 2.05) is 6.07 Å². The maximum Gasteiger partial charge on any atom is 0.256 e. The lowest BCUT2D eigenvalue weighted by Crippen LogP contribution is -2.56. The quantitative estimate of drug-likeness (QED) is 0.458. The second-order valence-electron chi connectivity index (χ2n) is 8.58. The molecule has 3 aromatic rings. The third-order valence-corrected chi connectivity index (χ3v) is 7.84. The average molecular weight is 485 g/mol. The van der Waals surface area contributed by atoms with Gasteiger partial charge in [0.05, 0.1) is 21.5 Å². The van der Waals surface area contributed by atoms with Gasteiger partial charge in [-0.05, 0) is 24.1 Å². The number of rotatable bonds is 1. The number of amides is 1. The van der Waals surface area contributed by atoms with Gasteiger partial charge in [-0.15, -0.1) is 11.3 Å². The minimum Gasteiger partial charge on any atom is -0.389 e. The van der Waals surface area contributed by atoms with E-state index in [2.05, 4.69) is 10.7 Å². The fourth-order valence-electron chi connectivity index (χ4n) is 5.30. The number of alkyl halides is 1. The number of hydrazine groups is 1. The number of carbonyl (C=O) groups excluding carboxylic acids is 1. The van der Waals surface area contributed by atoms with Crippen molar-refractivity contribution in [1.82, 2.24) is 15.6 Å². The molecule has 2 unspecified atom stereocenters. The van der Waals surface area contributed by atoms with Crippen LogP contribution in [0.4, 0.5) is 23.9 Å². The van der Waals surface area contributed by atoms with E-state index in [9.17, 15) is 14.4 Å². The zero-order valence-corrected chi connectivity index (χ0v) is 18.6. The van der Waals surface area contributed by atoms with Crippen molar-refractivity contribution < 1.29 is 18.0 Å². The zero-order valence-electron chi connectivity index (χ0n) is 17.8. The molecule has 0 bridgehead atoms. The second kappa shape index (κ2) is 7.59. The van der Waals surface area contributed by atoms with Gasteiger partial charge in [0.25, 0.3) is 5.91 Å². The lowest BCUT2D eigenvalue weighted by Gasteiger charge is -2.39. The van der Waals surface area contributed by atoms with Crippen molar-refractivity contribution in [2.75, 3.05) is 36.9 Å². The van der Waals surface area contributed by atoms with E-state index in [0.717, 1.165) is 23.5 Å². The van der Waals surface area contributed by atoms with Crippen LogP contribution in [0.5, 0.6) is 0 Å². The number of piperazine rings is 1. The first-order valence-electron chi connectivity index (χ1n) is 10.9. The number of nitrogen functional groups attached to an aromatic ring is 1. The van der Waals surface area contributed by atoms with E-state index in [-0.39, 0.29) is 60.5 Å². The van der Waals surface area contributed by atoms with Gasteiger partial charge in [0, 0.05) is 48.7 Å². The van der Waals surface area contributed by atoms with E-state index in [1.54, 1.807) is 9.91 Å². The number of benzene rings is 2. The molecule has 174 valence electrons. The summed E-state index contributed by atoms with van der Waals surface area (Å²) in [7, 11) is 0. The van der Waals surface area contributed by atoms with Crippen LogP contribution in [-0.2, 0) is 0 Å². The molecule has 1 amide bonds. The number of hydrogen-bond donors (Lipinski definition) is 3. The molecule has 2 atom stereocenters. The molecule has 6 rings (SSSR count). The van der Waals surface area contributed by atoms with Crippen molar-refractivity contribution in [3.63, 3.8) is 0 Å². The van der Waals surface area contributed by atoms with Crippen molar-refractivity contribution in [2.45, 2.75) is 18.8 Å². The number of hydrogen-bond acceptors (Lipinski definition) is 7. The predicted octanol–water partition coefficient (Wildman–Crippen LogP) is 3.41. The van der Waals surface area contributed by atoms with Gasteiger partial charge in [-0.1, -0.05) is 6.07 Å². The largest absolute Gasteiger partial charge is 0.389 e. The minimum atomic E-state index is -1.79. The summed E-state index contributed by atoms with van der Waals surface area (Å²) in [4.78, 5) is 15.2. The highest BCUT2D eigenvalue weighted by Crippen LogP contribution is 2.49. The summed E-state index contributed by atoms with van der Waals surface area (Å²) in [6.45, 7) is 2.13. The molecule has 2 aromatic carbocycles. The summed E-state index contributed by atoms with van der Waals surface area (Å²) < 4.78 is 46.0. The monoisotopic (exact) mass is 484 g/mol. The molecule has 11 heteroatoms. The fraction of sp³-hybridized carbons (Fsp3) is 0.304. The smallest absolute Gasteiger partial charge is 0.256 e. The molecule has 3 aliphatic heterocycles. The maximum atomic E-state index is 15.8. The van der Waals surface area contributed by atoms with Gasteiger partial charge in [-0.2, -0.15) is 10.7 Å². The van der Waals surface area contributed by atoms with Gasteiger partial charge in [0.1, 0.15) is 22.7 Å². The van der Waals surface area contributed by atoms with Gasteiger partial charge in [0.15, 0.2) is 6.30 Å². The standard InChI is InChI=1S/C23H19F3N6OS/c24-14-2-1-11(16-13(8-27)22(28)34-20(14)16)17-15(25)7-12-19-18(17)21(26)30-32(19)5-3-10-9-29-4-6-31(10)23(12)33/h1-2,7,10,21,29-30H,3-6,9,28H2. The zero-order chi connectivity index (χ0) is 23.7. The molecule has 0 aliphatic carbocycles. The average Bonchev–Trinajstić information content (AvgIpc) is 3.34. The van der Waals surface area contributed by atoms with Crippen LogP contribution in [0.3, 0.4) is 0 Å². The molecule has 34 heavy (non-hydrogen) atoms. The summed E-state index contributed by atoms with van der Waals surface area (Å²) in [5.41, 5.74) is 9.08. The van der Waals surface area contributed by atoms with Crippen molar-refractivity contribution in [2.24, 2.45) is 0 Å². The molecular weight excluding hydrogens is 465 g/mol. The van der Waals surface area contributed by atoms with E-state index in [4.69, 9.17) is 5.73 Å². The Hall–Kier alpha value is -3.33. The van der Waals surface area contributed by atoms with Crippen LogP contribution in [0.15, 0.2) is 18.2 Å². The topological polar surface area (TPSA) is 97.4 Å². The number of fused-ring (bicyclic) bond motifs is 2. The number of nitrogens with two attached hydrogens (primary N) is 1. The van der Waals surface area contributed by atoms with E-state index in [1.165, 1.54) is 6.07 Å². The molecule has 4 heterocycles. The summed E-state index contributed by atoms with van der Waals surface area (Å²) in [6, 6.07) is 5.50. The van der Waals surface area contributed by atoms with Crippen LogP contribution in [0.2, 0.25) is 0 Å². The Morgan fingerprint density at radius 2 is 2.03 bits per heavy atom. The first kappa shape index (κ1) is 21.2. The lowest BCUT2D eigenvalue weighted by atomic mass is 9.90. The normalized spacial score (nSPS) is 21.8. The fourth-order valence-corrected chi connectivity index (χ4v) is 6.25. The Morgan fingerprint density at radius 1 is 1.21 bits per heavy atom. The second-order valence-corrected chi connectivity index (χ2v) is 9.64. The Bertz CT molecular complexity index is 1420. The van der Waals surface area contributed by atoms with Gasteiger partial charge >= 0.3 is 0 Å². The van der Waals surface area contributed by atoms with Crippen molar-refractivity contribution >= 4 is 38.0 Å². The number of anilines is 2. The number of halogens is 3. The predicted molar refractivity (Wildman–Crippen MR) is 123 cm³/mol. The number of thiophene rings is 1. The highest BCUT2D eigenvalue weighted by molar-refractivity contribution is 7.23. The number of carbonyl (C=O) groups is 1. The van der Waals surface area contributed by atoms with Gasteiger partial charge in [-0.25, -0.2) is 13.2 Å². The summed E-state index contributed by atoms with van der Waals surface area (Å²) in [5.74, 6) is -1.77. The Balaban J connectivity index is 1.64. The number of nitrogens with one attached hydrogen (secondary N) is 2. The molecule has 1 saturated heterocycles. The van der Waals surface area contributed by atoms with Gasteiger partial charge < -0.3 is 21.0 Å². The first-order valence-corrected chi connectivity index (χ1v) is 11.7. The van der Waals surface area contributed by atoms with E-state index < -0.39 is 17.9 Å². The van der Waals surface area contributed by atoms with E-state index in [0.29, 0.717) is 32.6 Å². The lowest BCUT2D eigenvalue weighted by molar-refractivity contribution is 0.0620. The molecule has 0 saturated carbocycles. The van der Waals surface area contributed by atoms with Crippen LogP contribution in [0.25, 0.3) is 21.2 Å². The Labute approximate surface area is 196 Å². The SMILES string of the molecule is N#Cc1c(N)sc2c(F)ccc(-c3c(F)cc4c5c3C(F)NN5CCC3CNCCN3C4=O)c12. The molecule has 7 nitrogen and oxygen atoms in total. The Morgan fingerprint density at radius 3 is 2.82 bits per heavy atom. The van der Waals surface area contributed by atoms with Crippen LogP contribution in [0, 0.1) is 23.0 Å².